The lowest BCUT2D eigenvalue weighted by molar-refractivity contribution is -0.140. The molecule has 1 saturated heterocycles. The maximum Gasteiger partial charge on any atom is 0.320 e. The molecule has 1 aliphatic rings. The molecule has 1 aliphatic heterocycles. The molecule has 0 bridgehead atoms. The van der Waals surface area contributed by atoms with Crippen molar-refractivity contribution in [2.24, 2.45) is 0 Å². The average Bonchev–Trinajstić information content (AvgIpc) is 2.39. The second-order valence-electron chi connectivity index (χ2n) is 5.35. The molecule has 1 fully saturated rings. The SMILES string of the molecule is CC(C)N(C)CNC(CCN1CCOCC1)C(=O)O. The molecule has 1 rings (SSSR count). The monoisotopic (exact) mass is 273 g/mol. The molecule has 0 spiro atoms. The zero-order valence-electron chi connectivity index (χ0n) is 12.3. The third kappa shape index (κ3) is 6.33. The zero-order chi connectivity index (χ0) is 14.3. The van der Waals surface area contributed by atoms with Crippen molar-refractivity contribution in [3.63, 3.8) is 0 Å². The van der Waals surface area contributed by atoms with E-state index in [1.54, 1.807) is 0 Å². The molecule has 2 N–H and O–H groups in total. The molecule has 112 valence electrons. The van der Waals surface area contributed by atoms with Crippen molar-refractivity contribution < 1.29 is 14.6 Å². The number of nitrogens with zero attached hydrogens (tertiary/aromatic N) is 2. The van der Waals surface area contributed by atoms with Crippen LogP contribution in [0.25, 0.3) is 0 Å². The van der Waals surface area contributed by atoms with Crippen molar-refractivity contribution >= 4 is 5.97 Å². The second kappa shape index (κ2) is 8.47. The van der Waals surface area contributed by atoms with Crippen LogP contribution in [0.1, 0.15) is 20.3 Å². The fourth-order valence-electron chi connectivity index (χ4n) is 1.89. The van der Waals surface area contributed by atoms with Crippen LogP contribution in [0.4, 0.5) is 0 Å². The lowest BCUT2D eigenvalue weighted by Gasteiger charge is -2.28. The highest BCUT2D eigenvalue weighted by molar-refractivity contribution is 5.73. The molecule has 6 heteroatoms. The molecule has 19 heavy (non-hydrogen) atoms. The van der Waals surface area contributed by atoms with Crippen LogP contribution in [-0.4, -0.2) is 79.5 Å². The van der Waals surface area contributed by atoms with E-state index >= 15 is 0 Å². The van der Waals surface area contributed by atoms with Gasteiger partial charge in [-0.2, -0.15) is 0 Å². The van der Waals surface area contributed by atoms with E-state index < -0.39 is 12.0 Å². The molecule has 0 radical (unpaired) electrons. The van der Waals surface area contributed by atoms with Crippen LogP contribution in [0.15, 0.2) is 0 Å². The Bertz CT molecular complexity index is 268. The number of carboxylic acid groups (broad SMARTS) is 1. The Labute approximate surface area is 115 Å². The van der Waals surface area contributed by atoms with Gasteiger partial charge in [-0.1, -0.05) is 0 Å². The van der Waals surface area contributed by atoms with Gasteiger partial charge in [0.15, 0.2) is 0 Å². The van der Waals surface area contributed by atoms with Crippen LogP contribution in [0, 0.1) is 0 Å². The number of morpholine rings is 1. The van der Waals surface area contributed by atoms with Gasteiger partial charge < -0.3 is 9.84 Å². The molecule has 0 aromatic carbocycles. The van der Waals surface area contributed by atoms with Gasteiger partial charge in [0.05, 0.1) is 13.2 Å². The Kier molecular flexibility index (Phi) is 7.30. The largest absolute Gasteiger partial charge is 0.480 e. The summed E-state index contributed by atoms with van der Waals surface area (Å²) in [4.78, 5) is 15.6. The molecule has 0 aromatic heterocycles. The highest BCUT2D eigenvalue weighted by Crippen LogP contribution is 2.02. The number of rotatable bonds is 8. The predicted octanol–water partition coefficient (Wildman–Crippen LogP) is 0.0492. The van der Waals surface area contributed by atoms with Crippen LogP contribution in [0.5, 0.6) is 0 Å². The summed E-state index contributed by atoms with van der Waals surface area (Å²) in [6, 6.07) is -0.0785. The number of hydrogen-bond donors (Lipinski definition) is 2. The fraction of sp³-hybridized carbons (Fsp3) is 0.923. The summed E-state index contributed by atoms with van der Waals surface area (Å²) in [5, 5.41) is 12.3. The van der Waals surface area contributed by atoms with Crippen molar-refractivity contribution in [1.82, 2.24) is 15.1 Å². The summed E-state index contributed by atoms with van der Waals surface area (Å²) in [7, 11) is 1.98. The molecule has 0 aliphatic carbocycles. The summed E-state index contributed by atoms with van der Waals surface area (Å²) in [6.07, 6.45) is 0.626. The van der Waals surface area contributed by atoms with E-state index in [9.17, 15) is 9.90 Å². The Morgan fingerprint density at radius 1 is 1.42 bits per heavy atom. The van der Waals surface area contributed by atoms with E-state index in [1.165, 1.54) is 0 Å². The van der Waals surface area contributed by atoms with Crippen LogP contribution in [-0.2, 0) is 9.53 Å². The topological polar surface area (TPSA) is 65.0 Å². The summed E-state index contributed by atoms with van der Waals surface area (Å²) < 4.78 is 5.28. The molecule has 0 saturated carbocycles. The highest BCUT2D eigenvalue weighted by atomic mass is 16.5. The minimum absolute atomic E-state index is 0.404. The number of carbonyl (C=O) groups is 1. The molecule has 1 atom stereocenters. The summed E-state index contributed by atoms with van der Waals surface area (Å²) in [5.41, 5.74) is 0. The summed E-state index contributed by atoms with van der Waals surface area (Å²) in [5.74, 6) is -0.773. The third-order valence-electron chi connectivity index (χ3n) is 3.60. The number of ether oxygens (including phenoxy) is 1. The number of nitrogens with one attached hydrogen (secondary N) is 1. The molecule has 0 amide bonds. The van der Waals surface area contributed by atoms with Gasteiger partial charge in [-0.05, 0) is 27.3 Å². The minimum Gasteiger partial charge on any atom is -0.480 e. The van der Waals surface area contributed by atoms with Crippen LogP contribution < -0.4 is 5.32 Å². The molecular formula is C13H27N3O3. The van der Waals surface area contributed by atoms with Crippen molar-refractivity contribution in [3.05, 3.63) is 0 Å². The molecule has 6 nitrogen and oxygen atoms in total. The number of carboxylic acids is 1. The van der Waals surface area contributed by atoms with Gasteiger partial charge in [-0.25, -0.2) is 0 Å². The van der Waals surface area contributed by atoms with E-state index in [-0.39, 0.29) is 0 Å². The Morgan fingerprint density at radius 3 is 2.58 bits per heavy atom. The second-order valence-corrected chi connectivity index (χ2v) is 5.35. The van der Waals surface area contributed by atoms with Gasteiger partial charge in [-0.15, -0.1) is 0 Å². The predicted molar refractivity (Wildman–Crippen MR) is 74.2 cm³/mol. The molecular weight excluding hydrogens is 246 g/mol. The van der Waals surface area contributed by atoms with E-state index in [4.69, 9.17) is 4.74 Å². The van der Waals surface area contributed by atoms with Gasteiger partial charge in [-0.3, -0.25) is 19.9 Å². The van der Waals surface area contributed by atoms with Gasteiger partial charge in [0, 0.05) is 32.3 Å². The normalized spacial score (nSPS) is 19.0. The van der Waals surface area contributed by atoms with E-state index in [0.29, 0.717) is 19.1 Å². The maximum atomic E-state index is 11.2. The minimum atomic E-state index is -0.773. The van der Waals surface area contributed by atoms with Crippen molar-refractivity contribution in [2.75, 3.05) is 46.6 Å². The first-order valence-corrected chi connectivity index (χ1v) is 6.97. The lowest BCUT2D eigenvalue weighted by atomic mass is 10.2. The first-order valence-electron chi connectivity index (χ1n) is 6.97. The van der Waals surface area contributed by atoms with E-state index in [0.717, 1.165) is 32.8 Å². The average molecular weight is 273 g/mol. The summed E-state index contributed by atoms with van der Waals surface area (Å²) in [6.45, 7) is 8.88. The maximum absolute atomic E-state index is 11.2. The van der Waals surface area contributed by atoms with Crippen molar-refractivity contribution in [2.45, 2.75) is 32.4 Å². The van der Waals surface area contributed by atoms with Crippen molar-refractivity contribution in [3.8, 4) is 0 Å². The Hall–Kier alpha value is -0.690. The molecule has 1 unspecified atom stereocenters. The number of hydrogen-bond acceptors (Lipinski definition) is 5. The smallest absolute Gasteiger partial charge is 0.320 e. The van der Waals surface area contributed by atoms with Crippen LogP contribution in [0.2, 0.25) is 0 Å². The van der Waals surface area contributed by atoms with Gasteiger partial charge in [0.2, 0.25) is 0 Å². The fourth-order valence-corrected chi connectivity index (χ4v) is 1.89. The lowest BCUT2D eigenvalue weighted by Crippen LogP contribution is -2.46. The standard InChI is InChI=1S/C13H27N3O3/c1-11(2)15(3)10-14-12(13(17)18)4-5-16-6-8-19-9-7-16/h11-12,14H,4-10H2,1-3H3,(H,17,18). The van der Waals surface area contributed by atoms with Gasteiger partial charge >= 0.3 is 5.97 Å². The van der Waals surface area contributed by atoms with Crippen molar-refractivity contribution in [1.29, 1.82) is 0 Å². The first-order chi connectivity index (χ1) is 9.00. The first kappa shape index (κ1) is 16.4. The molecule has 0 aromatic rings. The Balaban J connectivity index is 2.29. The highest BCUT2D eigenvalue weighted by Gasteiger charge is 2.19. The summed E-state index contributed by atoms with van der Waals surface area (Å²) >= 11 is 0. The quantitative estimate of drug-likeness (QED) is 0.609. The Morgan fingerprint density at radius 2 is 2.05 bits per heavy atom. The number of aliphatic carboxylic acids is 1. The third-order valence-corrected chi connectivity index (χ3v) is 3.60. The van der Waals surface area contributed by atoms with Gasteiger partial charge in [0.1, 0.15) is 6.04 Å². The van der Waals surface area contributed by atoms with E-state index in [2.05, 4.69) is 29.0 Å². The van der Waals surface area contributed by atoms with Crippen LogP contribution >= 0.6 is 0 Å². The van der Waals surface area contributed by atoms with E-state index in [1.807, 2.05) is 7.05 Å². The van der Waals surface area contributed by atoms with Gasteiger partial charge in [0.25, 0.3) is 0 Å². The molecule has 1 heterocycles. The van der Waals surface area contributed by atoms with Crippen LogP contribution in [0.3, 0.4) is 0 Å². The zero-order valence-corrected chi connectivity index (χ0v) is 12.3.